The fourth-order valence-electron chi connectivity index (χ4n) is 1.56. The SMILES string of the molecule is Nc1cc([N+](=O)[O-])ccc1Nc1cc(Cl)cc(Cl)c1. The van der Waals surface area contributed by atoms with Crippen LogP contribution in [-0.4, -0.2) is 4.92 Å². The number of anilines is 3. The van der Waals surface area contributed by atoms with E-state index in [0.717, 1.165) is 0 Å². The quantitative estimate of drug-likeness (QED) is 0.505. The Hall–Kier alpha value is -1.98. The second-order valence-electron chi connectivity index (χ2n) is 3.81. The lowest BCUT2D eigenvalue weighted by atomic mass is 10.2. The van der Waals surface area contributed by atoms with Crippen molar-refractivity contribution in [3.8, 4) is 0 Å². The molecule has 0 amide bonds. The molecular formula is C12H9Cl2N3O2. The zero-order chi connectivity index (χ0) is 14.0. The van der Waals surface area contributed by atoms with Crippen molar-refractivity contribution in [1.82, 2.24) is 0 Å². The van der Waals surface area contributed by atoms with Crippen molar-refractivity contribution in [2.45, 2.75) is 0 Å². The molecule has 0 heterocycles. The Morgan fingerprint density at radius 3 is 2.26 bits per heavy atom. The molecule has 2 aromatic rings. The molecule has 0 aliphatic carbocycles. The number of nitro benzene ring substituents is 1. The van der Waals surface area contributed by atoms with E-state index in [1.807, 2.05) is 0 Å². The summed E-state index contributed by atoms with van der Waals surface area (Å²) < 4.78 is 0. The highest BCUT2D eigenvalue weighted by Crippen LogP contribution is 2.29. The molecule has 0 atom stereocenters. The summed E-state index contributed by atoms with van der Waals surface area (Å²) in [7, 11) is 0. The Labute approximate surface area is 119 Å². The Morgan fingerprint density at radius 1 is 1.11 bits per heavy atom. The van der Waals surface area contributed by atoms with E-state index in [4.69, 9.17) is 28.9 Å². The first-order chi connectivity index (χ1) is 8.95. The molecule has 0 saturated carbocycles. The summed E-state index contributed by atoms with van der Waals surface area (Å²) in [5, 5.41) is 14.6. The topological polar surface area (TPSA) is 81.2 Å². The molecule has 0 saturated heterocycles. The Balaban J connectivity index is 2.30. The molecular weight excluding hydrogens is 289 g/mol. The van der Waals surface area contributed by atoms with Crippen LogP contribution in [0.1, 0.15) is 0 Å². The van der Waals surface area contributed by atoms with Gasteiger partial charge in [0.2, 0.25) is 0 Å². The van der Waals surface area contributed by atoms with Crippen LogP contribution in [0, 0.1) is 10.1 Å². The number of nitrogens with two attached hydrogens (primary N) is 1. The summed E-state index contributed by atoms with van der Waals surface area (Å²) in [5.74, 6) is 0. The largest absolute Gasteiger partial charge is 0.397 e. The van der Waals surface area contributed by atoms with Crippen LogP contribution in [0.5, 0.6) is 0 Å². The third-order valence-electron chi connectivity index (χ3n) is 2.39. The lowest BCUT2D eigenvalue weighted by Crippen LogP contribution is -1.98. The number of benzene rings is 2. The van der Waals surface area contributed by atoms with Gasteiger partial charge in [-0.3, -0.25) is 10.1 Å². The van der Waals surface area contributed by atoms with Crippen LogP contribution in [0.2, 0.25) is 10.0 Å². The average molecular weight is 298 g/mol. The third-order valence-corrected chi connectivity index (χ3v) is 2.82. The Kier molecular flexibility index (Phi) is 3.78. The van der Waals surface area contributed by atoms with E-state index in [1.165, 1.54) is 18.2 Å². The van der Waals surface area contributed by atoms with Crippen LogP contribution in [0.3, 0.4) is 0 Å². The number of nitro groups is 1. The molecule has 98 valence electrons. The highest BCUT2D eigenvalue weighted by Gasteiger charge is 2.09. The number of rotatable bonds is 3. The standard InChI is InChI=1S/C12H9Cl2N3O2/c13-7-3-8(14)5-9(4-7)16-12-2-1-10(17(18)19)6-11(12)15/h1-6,16H,15H2. The number of non-ortho nitro benzene ring substituents is 1. The van der Waals surface area contributed by atoms with Crippen LogP contribution >= 0.6 is 23.2 Å². The fourth-order valence-corrected chi connectivity index (χ4v) is 2.09. The number of nitrogens with one attached hydrogen (secondary N) is 1. The summed E-state index contributed by atoms with van der Waals surface area (Å²) in [6.07, 6.45) is 0. The maximum Gasteiger partial charge on any atom is 0.271 e. The maximum atomic E-state index is 10.6. The molecule has 0 spiro atoms. The minimum Gasteiger partial charge on any atom is -0.397 e. The Bertz CT molecular complexity index is 627. The van der Waals surface area contributed by atoms with Crippen LogP contribution in [-0.2, 0) is 0 Å². The predicted octanol–water partition coefficient (Wildman–Crippen LogP) is 4.23. The van der Waals surface area contributed by atoms with E-state index in [1.54, 1.807) is 18.2 Å². The van der Waals surface area contributed by atoms with Crippen molar-refractivity contribution in [3.63, 3.8) is 0 Å². The lowest BCUT2D eigenvalue weighted by Gasteiger charge is -2.10. The monoisotopic (exact) mass is 297 g/mol. The molecule has 3 N–H and O–H groups in total. The molecule has 0 aliphatic heterocycles. The molecule has 0 aliphatic rings. The van der Waals surface area contributed by atoms with E-state index in [9.17, 15) is 10.1 Å². The minimum absolute atomic E-state index is 0.0628. The highest BCUT2D eigenvalue weighted by atomic mass is 35.5. The summed E-state index contributed by atoms with van der Waals surface area (Å²) in [6, 6.07) is 9.14. The lowest BCUT2D eigenvalue weighted by molar-refractivity contribution is -0.384. The van der Waals surface area contributed by atoms with Gasteiger partial charge in [0.1, 0.15) is 0 Å². The first-order valence-electron chi connectivity index (χ1n) is 5.23. The zero-order valence-electron chi connectivity index (χ0n) is 9.56. The van der Waals surface area contributed by atoms with Gasteiger partial charge in [-0.05, 0) is 24.3 Å². The Morgan fingerprint density at radius 2 is 1.74 bits per heavy atom. The molecule has 2 aromatic carbocycles. The van der Waals surface area contributed by atoms with Gasteiger partial charge < -0.3 is 11.1 Å². The molecule has 2 rings (SSSR count). The van der Waals surface area contributed by atoms with Crippen molar-refractivity contribution < 1.29 is 4.92 Å². The molecule has 0 aromatic heterocycles. The van der Waals surface area contributed by atoms with Gasteiger partial charge >= 0.3 is 0 Å². The van der Waals surface area contributed by atoms with Crippen LogP contribution in [0.25, 0.3) is 0 Å². The third kappa shape index (κ3) is 3.27. The molecule has 5 nitrogen and oxygen atoms in total. The van der Waals surface area contributed by atoms with E-state index in [2.05, 4.69) is 5.32 Å². The van der Waals surface area contributed by atoms with Crippen molar-refractivity contribution in [2.75, 3.05) is 11.1 Å². The van der Waals surface area contributed by atoms with Gasteiger partial charge in [-0.2, -0.15) is 0 Å². The predicted molar refractivity (Wildman–Crippen MR) is 77.3 cm³/mol. The maximum absolute atomic E-state index is 10.6. The average Bonchev–Trinajstić information content (AvgIpc) is 2.30. The van der Waals surface area contributed by atoms with Crippen LogP contribution in [0.4, 0.5) is 22.7 Å². The van der Waals surface area contributed by atoms with Gasteiger partial charge in [-0.25, -0.2) is 0 Å². The first kappa shape index (κ1) is 13.5. The van der Waals surface area contributed by atoms with Gasteiger partial charge in [0.25, 0.3) is 5.69 Å². The summed E-state index contributed by atoms with van der Waals surface area (Å²) in [5.41, 5.74) is 7.15. The molecule has 0 bridgehead atoms. The van der Waals surface area contributed by atoms with Gasteiger partial charge in [-0.15, -0.1) is 0 Å². The summed E-state index contributed by atoms with van der Waals surface area (Å²) >= 11 is 11.8. The first-order valence-corrected chi connectivity index (χ1v) is 5.98. The van der Waals surface area contributed by atoms with Crippen molar-refractivity contribution in [3.05, 3.63) is 56.6 Å². The number of nitrogens with zero attached hydrogens (tertiary/aromatic N) is 1. The number of hydrogen-bond acceptors (Lipinski definition) is 4. The number of nitrogen functional groups attached to an aromatic ring is 1. The van der Waals surface area contributed by atoms with Crippen LogP contribution in [0.15, 0.2) is 36.4 Å². The van der Waals surface area contributed by atoms with Gasteiger partial charge in [0.15, 0.2) is 0 Å². The molecule has 19 heavy (non-hydrogen) atoms. The smallest absolute Gasteiger partial charge is 0.271 e. The van der Waals surface area contributed by atoms with Crippen LogP contribution < -0.4 is 11.1 Å². The normalized spacial score (nSPS) is 10.2. The molecule has 7 heteroatoms. The van der Waals surface area contributed by atoms with E-state index < -0.39 is 4.92 Å². The summed E-state index contributed by atoms with van der Waals surface area (Å²) in [6.45, 7) is 0. The zero-order valence-corrected chi connectivity index (χ0v) is 11.1. The summed E-state index contributed by atoms with van der Waals surface area (Å²) in [4.78, 5) is 10.1. The second-order valence-corrected chi connectivity index (χ2v) is 4.68. The fraction of sp³-hybridized carbons (Fsp3) is 0. The van der Waals surface area contributed by atoms with E-state index in [-0.39, 0.29) is 11.4 Å². The second kappa shape index (κ2) is 5.34. The van der Waals surface area contributed by atoms with Crippen molar-refractivity contribution in [1.29, 1.82) is 0 Å². The van der Waals surface area contributed by atoms with E-state index in [0.29, 0.717) is 21.4 Å². The van der Waals surface area contributed by atoms with E-state index >= 15 is 0 Å². The highest BCUT2D eigenvalue weighted by molar-refractivity contribution is 6.35. The molecule has 0 radical (unpaired) electrons. The minimum atomic E-state index is -0.504. The van der Waals surface area contributed by atoms with Crippen molar-refractivity contribution >= 4 is 46.0 Å². The van der Waals surface area contributed by atoms with Gasteiger partial charge in [0.05, 0.1) is 16.3 Å². The molecule has 0 unspecified atom stereocenters. The van der Waals surface area contributed by atoms with Gasteiger partial charge in [0, 0.05) is 27.9 Å². The van der Waals surface area contributed by atoms with Crippen molar-refractivity contribution in [2.24, 2.45) is 0 Å². The van der Waals surface area contributed by atoms with Gasteiger partial charge in [-0.1, -0.05) is 23.2 Å². The number of hydrogen-bond donors (Lipinski definition) is 2. The molecule has 0 fully saturated rings. The number of halogens is 2.